The normalized spacial score (nSPS) is 19.1. The van der Waals surface area contributed by atoms with Crippen molar-refractivity contribution in [3.8, 4) is 5.75 Å². The van der Waals surface area contributed by atoms with Gasteiger partial charge in [-0.3, -0.25) is 43.2 Å². The third-order valence-electron chi connectivity index (χ3n) is 11.8. The van der Waals surface area contributed by atoms with Crippen molar-refractivity contribution in [2.75, 3.05) is 13.1 Å². The highest BCUT2D eigenvalue weighted by Gasteiger charge is 2.42. The highest BCUT2D eigenvalue weighted by atomic mass is 16.4. The van der Waals surface area contributed by atoms with Crippen LogP contribution in [0.5, 0.6) is 5.75 Å². The number of hydrogen-bond donors (Lipinski definition) is 10. The van der Waals surface area contributed by atoms with Gasteiger partial charge in [0.1, 0.15) is 48.0 Å². The minimum Gasteiger partial charge on any atom is -0.508 e. The molecule has 9 atom stereocenters. The molecule has 0 radical (unpaired) electrons. The Morgan fingerprint density at radius 1 is 0.682 bits per heavy atom. The van der Waals surface area contributed by atoms with Gasteiger partial charge in [0.2, 0.25) is 47.3 Å². The molecule has 8 amide bonds. The number of hydrogen-bond acceptors (Lipinski definition) is 12. The fourth-order valence-corrected chi connectivity index (χ4v) is 8.00. The fraction of sp³-hybridized carbons (Fsp3) is 0.636. The molecule has 22 heteroatoms. The SMILES string of the molecule is CC[C@H](C)[C@H](NC(=O)[C@@H](NC(=O)[C@@H]1CCCN1C(=O)[C@H](CC(N)=O)NC(=O)[C@H](CC(C)C)NC(=O)[C@H](CC(=O)O)NC(=O)[C@@H]1CCCN1C(=O)[C@@H](N)Cc1ccc(O)cc1)C(C)C)C(=O)O. The number of nitrogens with zero attached hydrogens (tertiary/aromatic N) is 2. The predicted molar refractivity (Wildman–Crippen MR) is 236 cm³/mol. The van der Waals surface area contributed by atoms with Crippen LogP contribution in [0.1, 0.15) is 98.5 Å². The Kier molecular flexibility index (Phi) is 20.3. The number of carbonyl (C=O) groups excluding carboxylic acids is 8. The smallest absolute Gasteiger partial charge is 0.326 e. The number of benzene rings is 1. The zero-order valence-electron chi connectivity index (χ0n) is 38.4. The lowest BCUT2D eigenvalue weighted by Crippen LogP contribution is -2.61. The monoisotopic (exact) mass is 929 g/mol. The van der Waals surface area contributed by atoms with Crippen molar-refractivity contribution < 1.29 is 63.3 Å². The van der Waals surface area contributed by atoms with Gasteiger partial charge in [-0.1, -0.05) is 60.1 Å². The van der Waals surface area contributed by atoms with Crippen molar-refractivity contribution in [3.05, 3.63) is 29.8 Å². The van der Waals surface area contributed by atoms with E-state index >= 15 is 0 Å². The summed E-state index contributed by atoms with van der Waals surface area (Å²) in [5.41, 5.74) is 12.4. The molecular weight excluding hydrogens is 863 g/mol. The Balaban J connectivity index is 1.77. The van der Waals surface area contributed by atoms with Crippen LogP contribution in [0.2, 0.25) is 0 Å². The quantitative estimate of drug-likeness (QED) is 0.0586. The van der Waals surface area contributed by atoms with E-state index in [0.717, 1.165) is 4.90 Å². The van der Waals surface area contributed by atoms with E-state index in [1.165, 1.54) is 17.0 Å². The van der Waals surface area contributed by atoms with Gasteiger partial charge in [0.05, 0.1) is 18.9 Å². The van der Waals surface area contributed by atoms with Gasteiger partial charge in [-0.15, -0.1) is 0 Å². The molecule has 3 rings (SSSR count). The van der Waals surface area contributed by atoms with Gasteiger partial charge in [0, 0.05) is 13.1 Å². The Hall–Kier alpha value is -6.32. The van der Waals surface area contributed by atoms with Crippen molar-refractivity contribution >= 4 is 59.2 Å². The number of primary amides is 1. The maximum absolute atomic E-state index is 14.1. The number of nitrogens with two attached hydrogens (primary N) is 2. The Bertz CT molecular complexity index is 1950. The molecule has 2 aliphatic heterocycles. The van der Waals surface area contributed by atoms with Crippen molar-refractivity contribution in [1.29, 1.82) is 0 Å². The average molecular weight is 930 g/mol. The van der Waals surface area contributed by atoms with Crippen LogP contribution in [0.15, 0.2) is 24.3 Å². The van der Waals surface area contributed by atoms with Gasteiger partial charge < -0.3 is 63.2 Å². The molecule has 2 saturated heterocycles. The summed E-state index contributed by atoms with van der Waals surface area (Å²) >= 11 is 0. The molecule has 366 valence electrons. The van der Waals surface area contributed by atoms with E-state index in [0.29, 0.717) is 24.8 Å². The number of carboxylic acids is 2. The van der Waals surface area contributed by atoms with E-state index in [1.807, 2.05) is 0 Å². The second kappa shape index (κ2) is 24.8. The van der Waals surface area contributed by atoms with Crippen LogP contribution in [0, 0.1) is 17.8 Å². The molecule has 0 aromatic heterocycles. The number of likely N-dealkylation sites (tertiary alicyclic amines) is 2. The van der Waals surface area contributed by atoms with Crippen LogP contribution < -0.4 is 38.1 Å². The Labute approximate surface area is 383 Å². The summed E-state index contributed by atoms with van der Waals surface area (Å²) in [5, 5.41) is 41.5. The summed E-state index contributed by atoms with van der Waals surface area (Å²) in [6, 6.07) is -4.42. The number of aliphatic carboxylic acids is 2. The third-order valence-corrected chi connectivity index (χ3v) is 11.8. The lowest BCUT2D eigenvalue weighted by molar-refractivity contribution is -0.145. The molecule has 2 aliphatic rings. The minimum absolute atomic E-state index is 0.0206. The maximum atomic E-state index is 14.1. The van der Waals surface area contributed by atoms with Crippen LogP contribution >= 0.6 is 0 Å². The first kappa shape index (κ1) is 54.0. The van der Waals surface area contributed by atoms with Gasteiger partial charge >= 0.3 is 11.9 Å². The second-order valence-corrected chi connectivity index (χ2v) is 17.9. The number of aromatic hydroxyl groups is 1. The molecule has 0 spiro atoms. The number of phenols is 1. The van der Waals surface area contributed by atoms with E-state index in [1.54, 1.807) is 53.7 Å². The zero-order valence-corrected chi connectivity index (χ0v) is 38.4. The molecule has 0 aliphatic carbocycles. The molecule has 1 aromatic rings. The summed E-state index contributed by atoms with van der Waals surface area (Å²) in [6.45, 7) is 10.4. The van der Waals surface area contributed by atoms with E-state index in [-0.39, 0.29) is 50.4 Å². The van der Waals surface area contributed by atoms with Gasteiger partial charge in [-0.2, -0.15) is 0 Å². The molecule has 1 aromatic carbocycles. The summed E-state index contributed by atoms with van der Waals surface area (Å²) in [7, 11) is 0. The van der Waals surface area contributed by atoms with Gasteiger partial charge in [0.15, 0.2) is 0 Å². The molecule has 0 bridgehead atoms. The molecule has 0 saturated carbocycles. The number of nitrogens with one attached hydrogen (secondary N) is 5. The molecule has 66 heavy (non-hydrogen) atoms. The van der Waals surface area contributed by atoms with Crippen LogP contribution in [0.3, 0.4) is 0 Å². The highest BCUT2D eigenvalue weighted by molar-refractivity contribution is 5.99. The van der Waals surface area contributed by atoms with Gasteiger partial charge in [0.25, 0.3) is 0 Å². The summed E-state index contributed by atoms with van der Waals surface area (Å²) in [4.78, 5) is 134. The van der Waals surface area contributed by atoms with Crippen LogP contribution in [0.25, 0.3) is 0 Å². The van der Waals surface area contributed by atoms with Crippen LogP contribution in [-0.2, 0) is 54.4 Å². The lowest BCUT2D eigenvalue weighted by Gasteiger charge is -2.31. The third kappa shape index (κ3) is 15.4. The number of amides is 8. The first-order chi connectivity index (χ1) is 30.9. The zero-order chi connectivity index (χ0) is 49.6. The largest absolute Gasteiger partial charge is 0.508 e. The minimum atomic E-state index is -1.73. The lowest BCUT2D eigenvalue weighted by atomic mass is 9.97. The first-order valence-corrected chi connectivity index (χ1v) is 22.3. The van der Waals surface area contributed by atoms with E-state index in [4.69, 9.17) is 11.5 Å². The van der Waals surface area contributed by atoms with E-state index in [2.05, 4.69) is 26.6 Å². The van der Waals surface area contributed by atoms with Crippen molar-refractivity contribution in [1.82, 2.24) is 36.4 Å². The van der Waals surface area contributed by atoms with Gasteiger partial charge in [-0.25, -0.2) is 4.79 Å². The topological polar surface area (TPSA) is 350 Å². The molecule has 0 unspecified atom stereocenters. The predicted octanol–water partition coefficient (Wildman–Crippen LogP) is -1.15. The summed E-state index contributed by atoms with van der Waals surface area (Å²) in [5.74, 6) is -10.6. The molecule has 2 fully saturated rings. The summed E-state index contributed by atoms with van der Waals surface area (Å²) < 4.78 is 0. The van der Waals surface area contributed by atoms with Crippen molar-refractivity contribution in [2.45, 2.75) is 148 Å². The number of phenolic OH excluding ortho intramolecular Hbond substituents is 1. The first-order valence-electron chi connectivity index (χ1n) is 22.3. The van der Waals surface area contributed by atoms with E-state index in [9.17, 15) is 63.3 Å². The number of rotatable bonds is 24. The Morgan fingerprint density at radius 2 is 1.21 bits per heavy atom. The van der Waals surface area contributed by atoms with Crippen LogP contribution in [-0.4, -0.2) is 146 Å². The second-order valence-electron chi connectivity index (χ2n) is 17.9. The molecule has 22 nitrogen and oxygen atoms in total. The van der Waals surface area contributed by atoms with Gasteiger partial charge in [-0.05, 0) is 74.0 Å². The highest BCUT2D eigenvalue weighted by Crippen LogP contribution is 2.22. The van der Waals surface area contributed by atoms with Crippen LogP contribution in [0.4, 0.5) is 0 Å². The maximum Gasteiger partial charge on any atom is 0.326 e. The standard InChI is InChI=1S/C44H67N9O13/c1-7-24(6)36(44(65)66)51-41(62)35(23(4)5)50-40(61)32-11-9-17-53(32)43(64)30(20-33(46)55)49-37(58)28(18-22(2)3)47-38(59)29(21-34(56)57)48-39(60)31-10-8-16-52(31)42(63)27(45)19-25-12-14-26(54)15-13-25/h12-15,22-24,27-32,35-36,54H,7-11,16-21,45H2,1-6H3,(H2,46,55)(H,47,59)(H,48,60)(H,49,58)(H,50,61)(H,51,62)(H,56,57)(H,65,66)/t24-,27-,28-,29-,30-,31-,32-,35-,36-/m0/s1. The number of carboxylic acid groups (broad SMARTS) is 2. The molecule has 12 N–H and O–H groups in total. The molecule has 2 heterocycles. The van der Waals surface area contributed by atoms with E-state index < -0.39 is 132 Å². The fourth-order valence-electron chi connectivity index (χ4n) is 8.00. The molecular formula is C44H67N9O13. The Morgan fingerprint density at radius 3 is 1.71 bits per heavy atom. The average Bonchev–Trinajstić information content (AvgIpc) is 3.94. The number of carbonyl (C=O) groups is 10. The van der Waals surface area contributed by atoms with Crippen molar-refractivity contribution in [3.63, 3.8) is 0 Å². The van der Waals surface area contributed by atoms with Crippen molar-refractivity contribution in [2.24, 2.45) is 29.2 Å². The summed E-state index contributed by atoms with van der Waals surface area (Å²) in [6.07, 6.45) is -0.0392.